The van der Waals surface area contributed by atoms with Gasteiger partial charge in [0.15, 0.2) is 0 Å². The first-order chi connectivity index (χ1) is 15.1. The molecule has 1 amide bonds. The van der Waals surface area contributed by atoms with E-state index in [9.17, 15) is 4.79 Å². The van der Waals surface area contributed by atoms with Gasteiger partial charge in [-0.15, -0.1) is 11.8 Å². The van der Waals surface area contributed by atoms with Crippen LogP contribution in [0.25, 0.3) is 11.5 Å². The van der Waals surface area contributed by atoms with Crippen molar-refractivity contribution in [3.63, 3.8) is 0 Å². The molecule has 0 spiro atoms. The number of hydrogen-bond donors (Lipinski definition) is 1. The van der Waals surface area contributed by atoms with Gasteiger partial charge < -0.3 is 9.73 Å². The molecule has 158 valence electrons. The Bertz CT molecular complexity index is 1180. The maximum absolute atomic E-state index is 12.4. The normalized spacial score (nSPS) is 10.9. The van der Waals surface area contributed by atoms with Crippen LogP contribution in [0.15, 0.2) is 71.5 Å². The summed E-state index contributed by atoms with van der Waals surface area (Å²) in [4.78, 5) is 16.9. The predicted molar refractivity (Wildman–Crippen MR) is 125 cm³/mol. The maximum Gasteiger partial charge on any atom is 0.235 e. The summed E-state index contributed by atoms with van der Waals surface area (Å²) in [6, 6.07) is 16.9. The van der Waals surface area contributed by atoms with Gasteiger partial charge in [0, 0.05) is 17.4 Å². The Kier molecular flexibility index (Phi) is 6.96. The van der Waals surface area contributed by atoms with Crippen LogP contribution in [0.4, 0.5) is 5.82 Å². The van der Waals surface area contributed by atoms with Crippen LogP contribution in [-0.4, -0.2) is 26.4 Å². The van der Waals surface area contributed by atoms with Crippen molar-refractivity contribution in [3.05, 3.63) is 88.4 Å². The molecule has 0 fully saturated rings. The van der Waals surface area contributed by atoms with Crippen molar-refractivity contribution in [1.29, 1.82) is 0 Å². The van der Waals surface area contributed by atoms with Gasteiger partial charge in [0.25, 0.3) is 0 Å². The molecule has 0 bridgehead atoms. The van der Waals surface area contributed by atoms with E-state index in [0.717, 1.165) is 16.8 Å². The van der Waals surface area contributed by atoms with E-state index in [4.69, 9.17) is 27.6 Å². The standard InChI is InChI=1S/C22H18Cl2N4O2S/c23-18-8-4-7-16(21(18)24)11-28-19(9-10-25-28)27-20(29)14-31-13-17-12-30-22(26-17)15-5-2-1-3-6-15/h1-10,12H,11,13-14H2,(H,27,29). The third-order valence-corrected chi connectivity index (χ3v) is 6.22. The van der Waals surface area contributed by atoms with Crippen LogP contribution in [0.5, 0.6) is 0 Å². The van der Waals surface area contributed by atoms with E-state index in [1.54, 1.807) is 29.3 Å². The summed E-state index contributed by atoms with van der Waals surface area (Å²) in [6.45, 7) is 0.399. The van der Waals surface area contributed by atoms with Crippen molar-refractivity contribution in [3.8, 4) is 11.5 Å². The zero-order valence-corrected chi connectivity index (χ0v) is 18.6. The molecule has 1 N–H and O–H groups in total. The molecule has 0 aliphatic carbocycles. The molecule has 0 atom stereocenters. The predicted octanol–water partition coefficient (Wildman–Crippen LogP) is 5.77. The molecule has 6 nitrogen and oxygen atoms in total. The minimum atomic E-state index is -0.129. The van der Waals surface area contributed by atoms with Gasteiger partial charge in [-0.3, -0.25) is 4.79 Å². The van der Waals surface area contributed by atoms with E-state index in [-0.39, 0.29) is 11.7 Å². The van der Waals surface area contributed by atoms with Crippen LogP contribution in [0.3, 0.4) is 0 Å². The molecule has 0 unspecified atom stereocenters. The molecule has 0 saturated carbocycles. The van der Waals surface area contributed by atoms with Crippen molar-refractivity contribution < 1.29 is 9.21 Å². The topological polar surface area (TPSA) is 73.0 Å². The Morgan fingerprint density at radius 1 is 1.10 bits per heavy atom. The summed E-state index contributed by atoms with van der Waals surface area (Å²) in [5, 5.41) is 8.11. The second-order valence-corrected chi connectivity index (χ2v) is 8.41. The monoisotopic (exact) mass is 472 g/mol. The number of aromatic nitrogens is 3. The summed E-state index contributed by atoms with van der Waals surface area (Å²) < 4.78 is 7.20. The molecule has 0 saturated heterocycles. The van der Waals surface area contributed by atoms with Crippen LogP contribution in [0.2, 0.25) is 10.0 Å². The van der Waals surface area contributed by atoms with Crippen LogP contribution in [0, 0.1) is 0 Å². The fraction of sp³-hybridized carbons (Fsp3) is 0.136. The molecule has 4 rings (SSSR count). The first-order valence-corrected chi connectivity index (χ1v) is 11.3. The molecule has 2 heterocycles. The number of amides is 1. The molecule has 2 aromatic carbocycles. The number of hydrogen-bond acceptors (Lipinski definition) is 5. The summed E-state index contributed by atoms with van der Waals surface area (Å²) >= 11 is 13.8. The summed E-state index contributed by atoms with van der Waals surface area (Å²) in [6.07, 6.45) is 3.25. The lowest BCUT2D eigenvalue weighted by Gasteiger charge is -2.10. The first-order valence-electron chi connectivity index (χ1n) is 9.42. The number of carbonyl (C=O) groups excluding carboxylic acids is 1. The van der Waals surface area contributed by atoms with E-state index in [1.165, 1.54) is 11.8 Å². The summed E-state index contributed by atoms with van der Waals surface area (Å²) in [7, 11) is 0. The lowest BCUT2D eigenvalue weighted by Crippen LogP contribution is -2.18. The van der Waals surface area contributed by atoms with Gasteiger partial charge >= 0.3 is 0 Å². The zero-order valence-electron chi connectivity index (χ0n) is 16.3. The van der Waals surface area contributed by atoms with E-state index in [0.29, 0.717) is 34.1 Å². The van der Waals surface area contributed by atoms with Crippen LogP contribution >= 0.6 is 35.0 Å². The number of carbonyl (C=O) groups is 1. The second-order valence-electron chi connectivity index (χ2n) is 6.64. The Balaban J connectivity index is 1.30. The van der Waals surface area contributed by atoms with Crippen molar-refractivity contribution >= 4 is 46.7 Å². The third kappa shape index (κ3) is 5.50. The van der Waals surface area contributed by atoms with Gasteiger partial charge in [-0.05, 0) is 23.8 Å². The fourth-order valence-electron chi connectivity index (χ4n) is 2.91. The highest BCUT2D eigenvalue weighted by atomic mass is 35.5. The number of benzene rings is 2. The molecule has 2 aromatic heterocycles. The average molecular weight is 473 g/mol. The van der Waals surface area contributed by atoms with Crippen LogP contribution in [-0.2, 0) is 17.1 Å². The number of thioether (sulfide) groups is 1. The molecular formula is C22H18Cl2N4O2S. The van der Waals surface area contributed by atoms with E-state index in [1.807, 2.05) is 42.5 Å². The van der Waals surface area contributed by atoms with Crippen LogP contribution < -0.4 is 5.32 Å². The highest BCUT2D eigenvalue weighted by molar-refractivity contribution is 7.99. The number of rotatable bonds is 8. The summed E-state index contributed by atoms with van der Waals surface area (Å²) in [5.41, 5.74) is 2.53. The highest BCUT2D eigenvalue weighted by Gasteiger charge is 2.12. The maximum atomic E-state index is 12.4. The van der Waals surface area contributed by atoms with Crippen molar-refractivity contribution in [2.24, 2.45) is 0 Å². The lowest BCUT2D eigenvalue weighted by atomic mass is 10.2. The second kappa shape index (κ2) is 10.0. The van der Waals surface area contributed by atoms with Crippen LogP contribution in [0.1, 0.15) is 11.3 Å². The molecule has 31 heavy (non-hydrogen) atoms. The van der Waals surface area contributed by atoms with Gasteiger partial charge in [0.1, 0.15) is 12.1 Å². The molecule has 4 aromatic rings. The van der Waals surface area contributed by atoms with Gasteiger partial charge in [0.2, 0.25) is 11.8 Å². The number of oxazole rings is 1. The molecule has 9 heteroatoms. The fourth-order valence-corrected chi connectivity index (χ4v) is 3.99. The minimum Gasteiger partial charge on any atom is -0.444 e. The van der Waals surface area contributed by atoms with Crippen molar-refractivity contribution in [2.75, 3.05) is 11.1 Å². The highest BCUT2D eigenvalue weighted by Crippen LogP contribution is 2.27. The summed E-state index contributed by atoms with van der Waals surface area (Å²) in [5.74, 6) is 1.88. The van der Waals surface area contributed by atoms with Crippen molar-refractivity contribution in [2.45, 2.75) is 12.3 Å². The Morgan fingerprint density at radius 2 is 1.94 bits per heavy atom. The third-order valence-electron chi connectivity index (χ3n) is 4.39. The smallest absolute Gasteiger partial charge is 0.235 e. The molecule has 0 aliphatic rings. The molecule has 0 radical (unpaired) electrons. The average Bonchev–Trinajstić information content (AvgIpc) is 3.42. The van der Waals surface area contributed by atoms with Gasteiger partial charge in [-0.2, -0.15) is 5.10 Å². The number of nitrogens with one attached hydrogen (secondary N) is 1. The quantitative estimate of drug-likeness (QED) is 0.352. The largest absolute Gasteiger partial charge is 0.444 e. The van der Waals surface area contributed by atoms with E-state index in [2.05, 4.69) is 15.4 Å². The zero-order chi connectivity index (χ0) is 21.6. The number of anilines is 1. The molecular weight excluding hydrogens is 455 g/mol. The number of nitrogens with zero attached hydrogens (tertiary/aromatic N) is 3. The van der Waals surface area contributed by atoms with Gasteiger partial charge in [-0.1, -0.05) is 53.5 Å². The SMILES string of the molecule is O=C(CSCc1coc(-c2ccccc2)n1)Nc1ccnn1Cc1cccc(Cl)c1Cl. The molecule has 0 aliphatic heterocycles. The Labute approximate surface area is 193 Å². The Hall–Kier alpha value is -2.74. The van der Waals surface area contributed by atoms with Crippen molar-refractivity contribution in [1.82, 2.24) is 14.8 Å². The lowest BCUT2D eigenvalue weighted by molar-refractivity contribution is -0.113. The van der Waals surface area contributed by atoms with Gasteiger partial charge in [0.05, 0.1) is 34.2 Å². The first kappa shape index (κ1) is 21.5. The minimum absolute atomic E-state index is 0.129. The van der Waals surface area contributed by atoms with Gasteiger partial charge in [-0.25, -0.2) is 9.67 Å². The van der Waals surface area contributed by atoms with E-state index < -0.39 is 0 Å². The Morgan fingerprint density at radius 3 is 2.77 bits per heavy atom. The van der Waals surface area contributed by atoms with E-state index >= 15 is 0 Å². The number of halogens is 2.